The number of thiazole rings is 1. The number of methoxy groups -OCH3 is 1. The summed E-state index contributed by atoms with van der Waals surface area (Å²) in [5.41, 5.74) is 0.772. The number of nitrogens with zero attached hydrogens (tertiary/aromatic N) is 2. The molecule has 152 valence electrons. The number of amides is 1. The van der Waals surface area contributed by atoms with Gasteiger partial charge in [0.2, 0.25) is 0 Å². The van der Waals surface area contributed by atoms with Gasteiger partial charge in [0.25, 0.3) is 5.91 Å². The Kier molecular flexibility index (Phi) is 6.72. The first-order valence-electron chi connectivity index (χ1n) is 9.65. The smallest absolute Gasteiger partial charge is 0.325 e. The molecule has 28 heavy (non-hydrogen) atoms. The van der Waals surface area contributed by atoms with Crippen LogP contribution in [0.15, 0.2) is 17.1 Å². The standard InChI is InChI=1S/C20H26N2O5S/c1-4-6-13(7-5-2)19(24)21-20-22(12-18(23)25-3)14-10-15-16(11-17(14)28-20)27-9-8-26-15/h10-11,13H,4-9,12H2,1-3H3. The summed E-state index contributed by atoms with van der Waals surface area (Å²) < 4.78 is 18.7. The quantitative estimate of drug-likeness (QED) is 0.659. The van der Waals surface area contributed by atoms with Crippen molar-refractivity contribution in [3.63, 3.8) is 0 Å². The van der Waals surface area contributed by atoms with Crippen LogP contribution in [-0.2, 0) is 20.9 Å². The van der Waals surface area contributed by atoms with E-state index in [0.29, 0.717) is 29.5 Å². The van der Waals surface area contributed by atoms with Crippen molar-refractivity contribution in [3.8, 4) is 11.5 Å². The predicted octanol–water partition coefficient (Wildman–Crippen LogP) is 3.29. The maximum absolute atomic E-state index is 12.8. The molecule has 0 saturated heterocycles. The Morgan fingerprint density at radius 3 is 2.43 bits per heavy atom. The predicted molar refractivity (Wildman–Crippen MR) is 107 cm³/mol. The van der Waals surface area contributed by atoms with Crippen molar-refractivity contribution in [2.24, 2.45) is 10.9 Å². The van der Waals surface area contributed by atoms with Crippen molar-refractivity contribution in [1.29, 1.82) is 0 Å². The third-order valence-corrected chi connectivity index (χ3v) is 5.73. The molecule has 0 atom stereocenters. The summed E-state index contributed by atoms with van der Waals surface area (Å²) >= 11 is 1.36. The molecule has 1 aliphatic heterocycles. The van der Waals surface area contributed by atoms with Crippen LogP contribution >= 0.6 is 11.3 Å². The van der Waals surface area contributed by atoms with Crippen LogP contribution in [0, 0.1) is 5.92 Å². The molecule has 0 fully saturated rings. The number of esters is 1. The number of ether oxygens (including phenoxy) is 3. The molecule has 3 rings (SSSR count). The maximum Gasteiger partial charge on any atom is 0.325 e. The van der Waals surface area contributed by atoms with Crippen LogP contribution in [0.3, 0.4) is 0 Å². The number of rotatable bonds is 7. The third kappa shape index (κ3) is 4.38. The number of benzene rings is 1. The van der Waals surface area contributed by atoms with Gasteiger partial charge in [-0.3, -0.25) is 9.59 Å². The van der Waals surface area contributed by atoms with Crippen molar-refractivity contribution in [1.82, 2.24) is 4.57 Å². The van der Waals surface area contributed by atoms with Crippen molar-refractivity contribution in [3.05, 3.63) is 16.9 Å². The average molecular weight is 407 g/mol. The highest BCUT2D eigenvalue weighted by molar-refractivity contribution is 7.16. The number of aromatic nitrogens is 1. The lowest BCUT2D eigenvalue weighted by Crippen LogP contribution is -2.24. The Bertz CT molecular complexity index is 925. The molecule has 0 radical (unpaired) electrons. The Labute approximate surface area is 167 Å². The lowest BCUT2D eigenvalue weighted by Gasteiger charge is -2.18. The summed E-state index contributed by atoms with van der Waals surface area (Å²) in [6, 6.07) is 3.71. The summed E-state index contributed by atoms with van der Waals surface area (Å²) in [7, 11) is 1.34. The first-order chi connectivity index (χ1) is 13.6. The third-order valence-electron chi connectivity index (χ3n) is 4.69. The molecule has 2 heterocycles. The van der Waals surface area contributed by atoms with E-state index in [1.165, 1.54) is 18.4 Å². The van der Waals surface area contributed by atoms with E-state index in [4.69, 9.17) is 14.2 Å². The second-order valence-corrected chi connectivity index (χ2v) is 7.74. The molecule has 0 unspecified atom stereocenters. The minimum Gasteiger partial charge on any atom is -0.486 e. The van der Waals surface area contributed by atoms with Gasteiger partial charge in [0.15, 0.2) is 16.3 Å². The summed E-state index contributed by atoms with van der Waals surface area (Å²) in [6.45, 7) is 5.09. The van der Waals surface area contributed by atoms with E-state index >= 15 is 0 Å². The van der Waals surface area contributed by atoms with E-state index in [1.807, 2.05) is 12.1 Å². The molecule has 0 aliphatic carbocycles. The summed E-state index contributed by atoms with van der Waals surface area (Å²) in [5, 5.41) is 0. The Balaban J connectivity index is 2.10. The van der Waals surface area contributed by atoms with Crippen LogP contribution in [0.5, 0.6) is 11.5 Å². The zero-order chi connectivity index (χ0) is 20.1. The first kappa shape index (κ1) is 20.4. The van der Waals surface area contributed by atoms with Gasteiger partial charge in [-0.1, -0.05) is 38.0 Å². The molecule has 0 bridgehead atoms. The van der Waals surface area contributed by atoms with Crippen molar-refractivity contribution >= 4 is 33.4 Å². The summed E-state index contributed by atoms with van der Waals surface area (Å²) in [6.07, 6.45) is 3.49. The zero-order valence-electron chi connectivity index (χ0n) is 16.5. The number of carbonyl (C=O) groups excluding carboxylic acids is 2. The molecule has 1 aliphatic rings. The second kappa shape index (κ2) is 9.23. The monoisotopic (exact) mass is 406 g/mol. The van der Waals surface area contributed by atoms with E-state index in [-0.39, 0.29) is 18.4 Å². The van der Waals surface area contributed by atoms with Crippen LogP contribution < -0.4 is 14.3 Å². The summed E-state index contributed by atoms with van der Waals surface area (Å²) in [5.74, 6) is 0.667. The van der Waals surface area contributed by atoms with Gasteiger partial charge in [-0.25, -0.2) is 0 Å². The SMILES string of the molecule is CCCC(CCC)C(=O)N=c1sc2cc3c(cc2n1CC(=O)OC)OCCO3. The van der Waals surface area contributed by atoms with Crippen molar-refractivity contribution < 1.29 is 23.8 Å². The molecule has 1 aromatic heterocycles. The van der Waals surface area contributed by atoms with Crippen LogP contribution in [0.2, 0.25) is 0 Å². The van der Waals surface area contributed by atoms with Gasteiger partial charge in [-0.2, -0.15) is 4.99 Å². The molecule has 0 saturated carbocycles. The topological polar surface area (TPSA) is 79.1 Å². The number of fused-ring (bicyclic) bond motifs is 2. The van der Waals surface area contributed by atoms with E-state index in [9.17, 15) is 9.59 Å². The van der Waals surface area contributed by atoms with E-state index < -0.39 is 5.97 Å². The highest BCUT2D eigenvalue weighted by atomic mass is 32.1. The average Bonchev–Trinajstić information content (AvgIpc) is 3.01. The largest absolute Gasteiger partial charge is 0.486 e. The Hall–Kier alpha value is -2.35. The van der Waals surface area contributed by atoms with Crippen LogP contribution in [0.25, 0.3) is 10.2 Å². The van der Waals surface area contributed by atoms with Crippen LogP contribution in [0.4, 0.5) is 0 Å². The fraction of sp³-hybridized carbons (Fsp3) is 0.550. The second-order valence-electron chi connectivity index (χ2n) is 6.73. The molecular formula is C20H26N2O5S. The number of carbonyl (C=O) groups is 2. The molecule has 1 aromatic carbocycles. The van der Waals surface area contributed by atoms with Crippen LogP contribution in [-0.4, -0.2) is 36.8 Å². The lowest BCUT2D eigenvalue weighted by molar-refractivity contribution is -0.141. The normalized spacial score (nSPS) is 13.9. The molecule has 0 spiro atoms. The van der Waals surface area contributed by atoms with Gasteiger partial charge in [0.1, 0.15) is 19.8 Å². The minimum absolute atomic E-state index is 0.0194. The molecule has 8 heteroatoms. The van der Waals surface area contributed by atoms with Gasteiger partial charge in [-0.05, 0) is 12.8 Å². The zero-order valence-corrected chi connectivity index (χ0v) is 17.3. The Morgan fingerprint density at radius 1 is 1.18 bits per heavy atom. The fourth-order valence-corrected chi connectivity index (χ4v) is 4.36. The van der Waals surface area contributed by atoms with Crippen LogP contribution in [0.1, 0.15) is 39.5 Å². The van der Waals surface area contributed by atoms with Crippen molar-refractivity contribution in [2.75, 3.05) is 20.3 Å². The molecule has 0 N–H and O–H groups in total. The van der Waals surface area contributed by atoms with Gasteiger partial charge in [0, 0.05) is 18.1 Å². The van der Waals surface area contributed by atoms with Gasteiger partial charge in [0.05, 0.1) is 17.3 Å². The molecular weight excluding hydrogens is 380 g/mol. The first-order valence-corrected chi connectivity index (χ1v) is 10.5. The number of hydrogen-bond donors (Lipinski definition) is 0. The fourth-order valence-electron chi connectivity index (χ4n) is 3.31. The van der Waals surface area contributed by atoms with Gasteiger partial charge in [-0.15, -0.1) is 0 Å². The molecule has 2 aromatic rings. The molecule has 7 nitrogen and oxygen atoms in total. The van der Waals surface area contributed by atoms with E-state index in [1.54, 1.807) is 4.57 Å². The highest BCUT2D eigenvalue weighted by Crippen LogP contribution is 2.35. The van der Waals surface area contributed by atoms with Crippen molar-refractivity contribution in [2.45, 2.75) is 46.1 Å². The maximum atomic E-state index is 12.8. The van der Waals surface area contributed by atoms with Gasteiger partial charge >= 0.3 is 5.97 Å². The summed E-state index contributed by atoms with van der Waals surface area (Å²) in [4.78, 5) is 29.7. The van der Waals surface area contributed by atoms with Gasteiger partial charge < -0.3 is 18.8 Å². The van der Waals surface area contributed by atoms with E-state index in [0.717, 1.165) is 35.9 Å². The highest BCUT2D eigenvalue weighted by Gasteiger charge is 2.20. The number of hydrogen-bond acceptors (Lipinski definition) is 6. The lowest BCUT2D eigenvalue weighted by atomic mass is 9.98. The Morgan fingerprint density at radius 2 is 1.82 bits per heavy atom. The van der Waals surface area contributed by atoms with E-state index in [2.05, 4.69) is 18.8 Å². The minimum atomic E-state index is -0.401. The molecule has 1 amide bonds.